The fourth-order valence-corrected chi connectivity index (χ4v) is 4.40. The van der Waals surface area contributed by atoms with Gasteiger partial charge in [-0.2, -0.15) is 0 Å². The van der Waals surface area contributed by atoms with Gasteiger partial charge in [-0.05, 0) is 62.4 Å². The zero-order valence-electron chi connectivity index (χ0n) is 24.6. The Balaban J connectivity index is 0.000000184. The Kier molecular flexibility index (Phi) is 10.3. The van der Waals surface area contributed by atoms with E-state index in [4.69, 9.17) is 8.83 Å². The number of rotatable bonds is 10. The number of carbonyl (C=O) groups excluding carboxylic acids is 3. The number of hydrogen-bond donors (Lipinski definition) is 2. The van der Waals surface area contributed by atoms with Crippen LogP contribution in [-0.4, -0.2) is 53.6 Å². The molecule has 0 aliphatic rings. The number of anilines is 3. The lowest BCUT2D eigenvalue weighted by Crippen LogP contribution is -2.14. The number of thioether (sulfide) groups is 1. The molecule has 6 rings (SSSR count). The summed E-state index contributed by atoms with van der Waals surface area (Å²) in [4.78, 5) is 42.7. The van der Waals surface area contributed by atoms with E-state index in [0.717, 1.165) is 17.3 Å². The van der Waals surface area contributed by atoms with Crippen LogP contribution in [0, 0.1) is 0 Å². The van der Waals surface area contributed by atoms with E-state index >= 15 is 0 Å². The van der Waals surface area contributed by atoms with Gasteiger partial charge in [0.15, 0.2) is 11.6 Å². The third-order valence-corrected chi connectivity index (χ3v) is 6.87. The molecule has 0 fully saturated rings. The predicted molar refractivity (Wildman–Crippen MR) is 171 cm³/mol. The summed E-state index contributed by atoms with van der Waals surface area (Å²) in [5.41, 5.74) is 3.90. The summed E-state index contributed by atoms with van der Waals surface area (Å²) >= 11 is 1.13. The van der Waals surface area contributed by atoms with Gasteiger partial charge in [-0.1, -0.05) is 41.1 Å². The fourth-order valence-electron chi connectivity index (χ4n) is 3.83. The van der Waals surface area contributed by atoms with Crippen molar-refractivity contribution in [2.45, 2.75) is 19.1 Å². The molecule has 46 heavy (non-hydrogen) atoms. The number of aromatic nitrogens is 6. The highest BCUT2D eigenvalue weighted by molar-refractivity contribution is 7.99. The van der Waals surface area contributed by atoms with E-state index in [0.29, 0.717) is 45.1 Å². The van der Waals surface area contributed by atoms with Gasteiger partial charge in [0.2, 0.25) is 11.8 Å². The Morgan fingerprint density at radius 2 is 1.28 bits per heavy atom. The van der Waals surface area contributed by atoms with E-state index in [2.05, 4.69) is 41.0 Å². The van der Waals surface area contributed by atoms with Crippen molar-refractivity contribution in [2.24, 2.45) is 0 Å². The zero-order chi connectivity index (χ0) is 32.3. The molecular weight excluding hydrogens is 608 g/mol. The van der Waals surface area contributed by atoms with Gasteiger partial charge in [-0.25, -0.2) is 0 Å². The number of hydrogen-bond acceptors (Lipinski definition) is 13. The van der Waals surface area contributed by atoms with E-state index in [9.17, 15) is 14.4 Å². The fraction of sp³-hybridized carbons (Fsp3) is 0.0938. The quantitative estimate of drug-likeness (QED) is 0.130. The smallest absolute Gasteiger partial charge is 0.320 e. The first-order valence-corrected chi connectivity index (χ1v) is 14.7. The van der Waals surface area contributed by atoms with Crippen molar-refractivity contribution in [3.63, 3.8) is 0 Å². The van der Waals surface area contributed by atoms with Gasteiger partial charge in [0.05, 0.1) is 16.9 Å². The molecule has 0 unspecified atom stereocenters. The lowest BCUT2D eigenvalue weighted by molar-refractivity contribution is -0.113. The minimum absolute atomic E-state index is 0.000211. The lowest BCUT2D eigenvalue weighted by atomic mass is 10.1. The maximum absolute atomic E-state index is 12.0. The molecular formula is C32H26N8O5S. The molecule has 1 amide bonds. The molecule has 230 valence electrons. The molecule has 13 nitrogen and oxygen atoms in total. The summed E-state index contributed by atoms with van der Waals surface area (Å²) in [6.07, 6.45) is 6.59. The van der Waals surface area contributed by atoms with Gasteiger partial charge in [0, 0.05) is 47.3 Å². The monoisotopic (exact) mass is 634 g/mol. The Morgan fingerprint density at radius 3 is 1.89 bits per heavy atom. The third-order valence-electron chi connectivity index (χ3n) is 6.05. The summed E-state index contributed by atoms with van der Waals surface area (Å²) in [5.74, 6) is 0.559. The second-order valence-corrected chi connectivity index (χ2v) is 10.4. The predicted octanol–water partition coefficient (Wildman–Crippen LogP) is 6.14. The van der Waals surface area contributed by atoms with Crippen LogP contribution in [-0.2, 0) is 4.79 Å². The van der Waals surface area contributed by atoms with E-state index < -0.39 is 0 Å². The summed E-state index contributed by atoms with van der Waals surface area (Å²) in [7, 11) is 0. The van der Waals surface area contributed by atoms with Crippen LogP contribution >= 0.6 is 11.8 Å². The zero-order valence-corrected chi connectivity index (χ0v) is 25.4. The van der Waals surface area contributed by atoms with Crippen LogP contribution in [0.25, 0.3) is 22.9 Å². The van der Waals surface area contributed by atoms with Crippen LogP contribution in [0.5, 0.6) is 0 Å². The molecule has 0 spiro atoms. The lowest BCUT2D eigenvalue weighted by Gasteiger charge is -2.05. The highest BCUT2D eigenvalue weighted by Gasteiger charge is 2.12. The first-order valence-electron chi connectivity index (χ1n) is 13.7. The molecule has 4 aromatic heterocycles. The SMILES string of the molecule is CC(=O)c1cccc(NC(=O)CSc2nnc(-c3cccnc3)o2)c1.CC(=O)c1cccc(Nc2nnc(-c3cccnc3)o2)c1. The molecule has 0 radical (unpaired) electrons. The number of pyridine rings is 2. The molecule has 6 aromatic rings. The number of nitrogens with one attached hydrogen (secondary N) is 2. The van der Waals surface area contributed by atoms with Gasteiger partial charge in [0.25, 0.3) is 11.1 Å². The molecule has 0 atom stereocenters. The number of benzene rings is 2. The normalized spacial score (nSPS) is 10.4. The van der Waals surface area contributed by atoms with Crippen LogP contribution < -0.4 is 10.6 Å². The Bertz CT molecular complexity index is 1950. The van der Waals surface area contributed by atoms with Crippen molar-refractivity contribution >= 4 is 46.6 Å². The number of carbonyl (C=O) groups is 3. The van der Waals surface area contributed by atoms with E-state index in [1.165, 1.54) is 13.8 Å². The van der Waals surface area contributed by atoms with Crippen molar-refractivity contribution in [1.82, 2.24) is 30.4 Å². The minimum atomic E-state index is -0.230. The van der Waals surface area contributed by atoms with Crippen LogP contribution in [0.1, 0.15) is 34.6 Å². The molecule has 0 saturated heterocycles. The van der Waals surface area contributed by atoms with Crippen molar-refractivity contribution in [3.05, 3.63) is 109 Å². The van der Waals surface area contributed by atoms with Gasteiger partial charge < -0.3 is 19.5 Å². The Morgan fingerprint density at radius 1 is 0.696 bits per heavy atom. The van der Waals surface area contributed by atoms with Crippen LogP contribution in [0.15, 0.2) is 112 Å². The van der Waals surface area contributed by atoms with E-state index in [1.54, 1.807) is 79.4 Å². The molecule has 0 saturated carbocycles. The van der Waals surface area contributed by atoms with Crippen LogP contribution in [0.2, 0.25) is 0 Å². The van der Waals surface area contributed by atoms with Gasteiger partial charge in [-0.15, -0.1) is 15.3 Å². The molecule has 0 aliphatic heterocycles. The maximum Gasteiger partial charge on any atom is 0.320 e. The number of Topliss-reactive ketones (excluding diaryl/α,β-unsaturated/α-hetero) is 2. The number of amides is 1. The summed E-state index contributed by atoms with van der Waals surface area (Å²) in [6.45, 7) is 3.00. The summed E-state index contributed by atoms with van der Waals surface area (Å²) in [6, 6.07) is 21.3. The first kappa shape index (κ1) is 31.4. The van der Waals surface area contributed by atoms with Crippen molar-refractivity contribution in [3.8, 4) is 22.9 Å². The second-order valence-electron chi connectivity index (χ2n) is 9.50. The Labute approximate surface area is 266 Å². The number of nitrogens with zero attached hydrogens (tertiary/aromatic N) is 6. The summed E-state index contributed by atoms with van der Waals surface area (Å²) < 4.78 is 11.0. The molecule has 0 bridgehead atoms. The van der Waals surface area contributed by atoms with Gasteiger partial charge in [0.1, 0.15) is 0 Å². The average molecular weight is 635 g/mol. The van der Waals surface area contributed by atoms with Crippen LogP contribution in [0.3, 0.4) is 0 Å². The average Bonchev–Trinajstić information content (AvgIpc) is 3.75. The van der Waals surface area contributed by atoms with E-state index in [1.807, 2.05) is 18.2 Å². The van der Waals surface area contributed by atoms with E-state index in [-0.39, 0.29) is 29.2 Å². The third kappa shape index (κ3) is 8.76. The van der Waals surface area contributed by atoms with Crippen molar-refractivity contribution in [2.75, 3.05) is 16.4 Å². The van der Waals surface area contributed by atoms with Gasteiger partial charge >= 0.3 is 6.01 Å². The van der Waals surface area contributed by atoms with Crippen molar-refractivity contribution < 1.29 is 23.2 Å². The summed E-state index contributed by atoms with van der Waals surface area (Å²) in [5, 5.41) is 21.7. The second kappa shape index (κ2) is 15.1. The topological polar surface area (TPSA) is 179 Å². The minimum Gasteiger partial charge on any atom is -0.411 e. The Hall–Kier alpha value is -6.02. The standard InChI is InChI=1S/C17H14N4O3S.C15H12N4O2/c1-11(22)12-4-2-6-14(8-12)19-15(23)10-25-17-21-20-16(24-17)13-5-3-7-18-9-13;1-10(20)11-4-2-6-13(8-11)17-15-19-18-14(21-15)12-5-3-7-16-9-12/h2-9H,10H2,1H3,(H,19,23);2-9H,1H3,(H,17,19). The van der Waals surface area contributed by atoms with Gasteiger partial charge in [-0.3, -0.25) is 24.4 Å². The highest BCUT2D eigenvalue weighted by Crippen LogP contribution is 2.23. The van der Waals surface area contributed by atoms with Crippen LogP contribution in [0.4, 0.5) is 17.4 Å². The molecule has 2 aromatic carbocycles. The molecule has 4 heterocycles. The number of ketones is 2. The van der Waals surface area contributed by atoms with Crippen molar-refractivity contribution in [1.29, 1.82) is 0 Å². The highest BCUT2D eigenvalue weighted by atomic mass is 32.2. The maximum atomic E-state index is 12.0. The molecule has 14 heteroatoms. The molecule has 0 aliphatic carbocycles. The molecule has 2 N–H and O–H groups in total. The first-order chi connectivity index (χ1) is 22.3. The largest absolute Gasteiger partial charge is 0.411 e.